The maximum atomic E-state index is 12.8. The van der Waals surface area contributed by atoms with Crippen molar-refractivity contribution < 1.29 is 9.53 Å². The van der Waals surface area contributed by atoms with Crippen molar-refractivity contribution in [3.8, 4) is 5.75 Å². The van der Waals surface area contributed by atoms with Gasteiger partial charge in [0.15, 0.2) is 0 Å². The second-order valence-corrected chi connectivity index (χ2v) is 5.87. The molecule has 1 aromatic heterocycles. The van der Waals surface area contributed by atoms with E-state index >= 15 is 0 Å². The summed E-state index contributed by atoms with van der Waals surface area (Å²) in [6.45, 7) is 4.35. The third-order valence-electron chi connectivity index (χ3n) is 4.16. The normalized spacial score (nSPS) is 17.8. The van der Waals surface area contributed by atoms with Gasteiger partial charge in [0, 0.05) is 30.6 Å². The Morgan fingerprint density at radius 2 is 2.12 bits per heavy atom. The smallest absolute Gasteiger partial charge is 0.261 e. The SMILES string of the molecule is COc1ccc(N2N=C(C)[C@H](C(C)=NCCc3cnc[nH]3)C2=O)cc1. The molecular formula is C18H21N5O2. The van der Waals surface area contributed by atoms with Crippen LogP contribution in [0.4, 0.5) is 5.69 Å². The van der Waals surface area contributed by atoms with Crippen molar-refractivity contribution in [1.82, 2.24) is 9.97 Å². The lowest BCUT2D eigenvalue weighted by atomic mass is 9.99. The summed E-state index contributed by atoms with van der Waals surface area (Å²) in [6, 6.07) is 7.26. The van der Waals surface area contributed by atoms with Crippen molar-refractivity contribution in [2.45, 2.75) is 20.3 Å². The first-order valence-electron chi connectivity index (χ1n) is 8.11. The molecule has 0 unspecified atom stereocenters. The zero-order valence-electron chi connectivity index (χ0n) is 14.6. The molecule has 130 valence electrons. The number of aromatic nitrogens is 2. The number of amides is 1. The summed E-state index contributed by atoms with van der Waals surface area (Å²) in [7, 11) is 1.61. The molecule has 1 aliphatic rings. The lowest BCUT2D eigenvalue weighted by Crippen LogP contribution is -2.31. The van der Waals surface area contributed by atoms with Gasteiger partial charge in [-0.1, -0.05) is 0 Å². The first-order chi connectivity index (χ1) is 12.1. The number of nitrogens with one attached hydrogen (secondary N) is 1. The molecule has 25 heavy (non-hydrogen) atoms. The van der Waals surface area contributed by atoms with Crippen molar-refractivity contribution in [3.05, 3.63) is 42.5 Å². The molecule has 0 fully saturated rings. The highest BCUT2D eigenvalue weighted by molar-refractivity contribution is 6.27. The van der Waals surface area contributed by atoms with Gasteiger partial charge in [0.1, 0.15) is 11.7 Å². The fourth-order valence-electron chi connectivity index (χ4n) is 2.82. The second-order valence-electron chi connectivity index (χ2n) is 5.87. The number of benzene rings is 1. The molecule has 1 atom stereocenters. The summed E-state index contributed by atoms with van der Waals surface area (Å²) in [5.41, 5.74) is 3.28. The number of H-pyrrole nitrogens is 1. The largest absolute Gasteiger partial charge is 0.497 e. The lowest BCUT2D eigenvalue weighted by molar-refractivity contribution is -0.118. The molecule has 1 aromatic carbocycles. The van der Waals surface area contributed by atoms with Crippen LogP contribution >= 0.6 is 0 Å². The third-order valence-corrected chi connectivity index (χ3v) is 4.16. The number of ether oxygens (including phenoxy) is 1. The van der Waals surface area contributed by atoms with Gasteiger partial charge in [-0.05, 0) is 38.1 Å². The number of hydrazone groups is 1. The number of methoxy groups -OCH3 is 1. The first-order valence-corrected chi connectivity index (χ1v) is 8.11. The average molecular weight is 339 g/mol. The van der Waals surface area contributed by atoms with Crippen LogP contribution in [0.1, 0.15) is 19.5 Å². The van der Waals surface area contributed by atoms with E-state index in [2.05, 4.69) is 20.1 Å². The number of nitrogens with zero attached hydrogens (tertiary/aromatic N) is 4. The van der Waals surface area contributed by atoms with Gasteiger partial charge in [-0.2, -0.15) is 10.1 Å². The van der Waals surface area contributed by atoms with Crippen LogP contribution in [-0.2, 0) is 11.2 Å². The quantitative estimate of drug-likeness (QED) is 0.821. The highest BCUT2D eigenvalue weighted by atomic mass is 16.5. The Bertz CT molecular complexity index is 793. The van der Waals surface area contributed by atoms with Gasteiger partial charge in [-0.25, -0.2) is 4.98 Å². The van der Waals surface area contributed by atoms with Crippen LogP contribution in [0.3, 0.4) is 0 Å². The molecule has 1 amide bonds. The van der Waals surface area contributed by atoms with Crippen LogP contribution in [0, 0.1) is 5.92 Å². The Hall–Kier alpha value is -2.96. The standard InChI is InChI=1S/C18H21N5O2/c1-12(20-9-8-14-10-19-11-21-14)17-13(2)22-23(18(17)24)15-4-6-16(25-3)7-5-15/h4-7,10-11,17H,8-9H2,1-3H3,(H,19,21)/t17-/m0/s1. The molecule has 0 spiro atoms. The van der Waals surface area contributed by atoms with E-state index in [0.29, 0.717) is 6.54 Å². The number of rotatable bonds is 6. The first kappa shape index (κ1) is 16.9. The van der Waals surface area contributed by atoms with E-state index in [0.717, 1.165) is 35.0 Å². The molecule has 2 heterocycles. The summed E-state index contributed by atoms with van der Waals surface area (Å²) in [5, 5.41) is 5.86. The Kier molecular flexibility index (Phi) is 4.92. The molecule has 1 aliphatic heterocycles. The summed E-state index contributed by atoms with van der Waals surface area (Å²) in [4.78, 5) is 24.4. The molecule has 1 N–H and O–H groups in total. The minimum atomic E-state index is -0.399. The zero-order valence-corrected chi connectivity index (χ0v) is 14.6. The summed E-state index contributed by atoms with van der Waals surface area (Å²) in [5.74, 6) is 0.263. The van der Waals surface area contributed by atoms with E-state index in [1.807, 2.05) is 38.1 Å². The average Bonchev–Trinajstić information content (AvgIpc) is 3.23. The molecule has 7 nitrogen and oxygen atoms in total. The summed E-state index contributed by atoms with van der Waals surface area (Å²) >= 11 is 0. The van der Waals surface area contributed by atoms with Crippen molar-refractivity contribution in [2.24, 2.45) is 16.0 Å². The Morgan fingerprint density at radius 3 is 2.76 bits per heavy atom. The fraction of sp³-hybridized carbons (Fsp3) is 0.333. The van der Waals surface area contributed by atoms with Crippen LogP contribution in [0.25, 0.3) is 0 Å². The maximum Gasteiger partial charge on any atom is 0.261 e. The molecule has 0 saturated heterocycles. The zero-order chi connectivity index (χ0) is 17.8. The van der Waals surface area contributed by atoms with E-state index in [1.165, 1.54) is 5.01 Å². The van der Waals surface area contributed by atoms with Gasteiger partial charge in [-0.15, -0.1) is 0 Å². The molecular weight excluding hydrogens is 318 g/mol. The Labute approximate surface area is 146 Å². The lowest BCUT2D eigenvalue weighted by Gasteiger charge is -2.14. The minimum Gasteiger partial charge on any atom is -0.497 e. The second kappa shape index (κ2) is 7.29. The topological polar surface area (TPSA) is 82.9 Å². The molecule has 0 aliphatic carbocycles. The van der Waals surface area contributed by atoms with Crippen LogP contribution in [-0.4, -0.2) is 41.0 Å². The fourth-order valence-corrected chi connectivity index (χ4v) is 2.82. The van der Waals surface area contributed by atoms with Gasteiger partial charge in [0.05, 0.1) is 24.8 Å². The van der Waals surface area contributed by atoms with E-state index in [1.54, 1.807) is 19.6 Å². The highest BCUT2D eigenvalue weighted by Gasteiger charge is 2.36. The van der Waals surface area contributed by atoms with E-state index in [9.17, 15) is 4.79 Å². The van der Waals surface area contributed by atoms with Crippen molar-refractivity contribution in [1.29, 1.82) is 0 Å². The number of aliphatic imine (C=N–C) groups is 1. The van der Waals surface area contributed by atoms with Gasteiger partial charge in [-0.3, -0.25) is 9.79 Å². The van der Waals surface area contributed by atoms with E-state index < -0.39 is 5.92 Å². The van der Waals surface area contributed by atoms with Crippen LogP contribution in [0.5, 0.6) is 5.75 Å². The number of imidazole rings is 1. The van der Waals surface area contributed by atoms with E-state index in [-0.39, 0.29) is 5.91 Å². The van der Waals surface area contributed by atoms with Crippen LogP contribution in [0.2, 0.25) is 0 Å². The summed E-state index contributed by atoms with van der Waals surface area (Å²) < 4.78 is 5.15. The molecule has 7 heteroatoms. The number of hydrogen-bond donors (Lipinski definition) is 1. The van der Waals surface area contributed by atoms with Crippen molar-refractivity contribution in [3.63, 3.8) is 0 Å². The molecule has 0 bridgehead atoms. The van der Waals surface area contributed by atoms with Gasteiger partial charge in [0.2, 0.25) is 0 Å². The van der Waals surface area contributed by atoms with Crippen molar-refractivity contribution >= 4 is 23.0 Å². The van der Waals surface area contributed by atoms with Crippen molar-refractivity contribution in [2.75, 3.05) is 18.7 Å². The molecule has 2 aromatic rings. The molecule has 0 radical (unpaired) electrons. The van der Waals surface area contributed by atoms with E-state index in [4.69, 9.17) is 4.74 Å². The molecule has 3 rings (SSSR count). The monoisotopic (exact) mass is 339 g/mol. The Morgan fingerprint density at radius 1 is 1.36 bits per heavy atom. The van der Waals surface area contributed by atoms with Gasteiger partial charge >= 0.3 is 0 Å². The highest BCUT2D eigenvalue weighted by Crippen LogP contribution is 2.26. The van der Waals surface area contributed by atoms with Gasteiger partial charge in [0.25, 0.3) is 5.91 Å². The number of carbonyl (C=O) groups is 1. The molecule has 0 saturated carbocycles. The number of carbonyl (C=O) groups excluding carboxylic acids is 1. The number of aromatic amines is 1. The summed E-state index contributed by atoms with van der Waals surface area (Å²) in [6.07, 6.45) is 4.19. The number of hydrogen-bond acceptors (Lipinski definition) is 5. The van der Waals surface area contributed by atoms with Crippen LogP contribution in [0.15, 0.2) is 46.9 Å². The predicted octanol–water partition coefficient (Wildman–Crippen LogP) is 2.46. The predicted molar refractivity (Wildman–Crippen MR) is 97.3 cm³/mol. The van der Waals surface area contributed by atoms with Crippen LogP contribution < -0.4 is 9.75 Å². The number of anilines is 1. The van der Waals surface area contributed by atoms with Gasteiger partial charge < -0.3 is 9.72 Å². The third kappa shape index (κ3) is 3.60. The minimum absolute atomic E-state index is 0.0783. The maximum absolute atomic E-state index is 12.8. The Balaban J connectivity index is 1.70.